The van der Waals surface area contributed by atoms with Crippen molar-refractivity contribution in [1.29, 1.82) is 0 Å². The van der Waals surface area contributed by atoms with Crippen molar-refractivity contribution in [1.82, 2.24) is 0 Å². The molecular formula is C101H158O3S6. The molecule has 110 heavy (non-hydrogen) atoms. The summed E-state index contributed by atoms with van der Waals surface area (Å²) in [6.45, 7) is 14.0. The highest BCUT2D eigenvalue weighted by Gasteiger charge is 2.50. The lowest BCUT2D eigenvalue weighted by Gasteiger charge is -2.38. The standard InChI is InChI=1S/C101H158O3S6/c1-7-13-19-25-31-37-43-49-55-61-69-99(70-62-56-50-44-38-32-26-20-14-8-2)83-77-87(107-93(83)91-81(97(99)102)67-75-105-91)89-79-85-95(109-89)96-86(104-101(85,73-65-59-53-47-41-35-29-23-17-11-5)74-66-60-54-48-42-36-30-24-18-12-6)80-90(110-96)88-78-84-94(108-88)92-82(68-76-106-92)98(103)100(84,71-63-57-51-45-39-33-27-21-15-9-3)72-64-58-52-46-40-34-28-22-16-10-4/h67-68,75-80H,7-66,69-74H2,1-6H3. The van der Waals surface area contributed by atoms with Gasteiger partial charge in [-0.3, -0.25) is 9.59 Å². The maximum atomic E-state index is 15.9. The molecule has 0 aromatic carbocycles. The maximum absolute atomic E-state index is 15.9. The van der Waals surface area contributed by atoms with Crippen LogP contribution in [-0.4, -0.2) is 11.6 Å². The van der Waals surface area contributed by atoms with Crippen LogP contribution in [-0.2, 0) is 16.4 Å². The number of hydrogen-bond acceptors (Lipinski definition) is 9. The summed E-state index contributed by atoms with van der Waals surface area (Å²) in [4.78, 5) is 44.9. The number of unbranched alkanes of at least 4 members (excludes halogenated alkanes) is 54. The van der Waals surface area contributed by atoms with Crippen LogP contribution in [0.2, 0.25) is 0 Å². The Bertz CT molecular complexity index is 3370. The van der Waals surface area contributed by atoms with E-state index in [0.29, 0.717) is 11.6 Å². The zero-order valence-electron chi connectivity index (χ0n) is 71.5. The van der Waals surface area contributed by atoms with E-state index in [2.05, 4.69) is 100 Å². The molecule has 9 heteroatoms. The van der Waals surface area contributed by atoms with Gasteiger partial charge in [-0.1, -0.05) is 414 Å². The Balaban J connectivity index is 1.08. The summed E-state index contributed by atoms with van der Waals surface area (Å²) in [5, 5.41) is 4.45. The van der Waals surface area contributed by atoms with Crippen LogP contribution < -0.4 is 4.74 Å². The van der Waals surface area contributed by atoms with Crippen molar-refractivity contribution in [3.8, 4) is 54.5 Å². The molecular weight excluding hydrogens is 1450 g/mol. The molecule has 616 valence electrons. The molecule has 0 atom stereocenters. The molecule has 0 saturated carbocycles. The molecule has 0 spiro atoms. The lowest BCUT2D eigenvalue weighted by atomic mass is 9.65. The number of ketones is 2. The minimum absolute atomic E-state index is 0.413. The smallest absolute Gasteiger partial charge is 0.174 e. The normalized spacial score (nSPS) is 14.5. The monoisotopic (exact) mass is 1610 g/mol. The van der Waals surface area contributed by atoms with Crippen LogP contribution in [0.15, 0.2) is 47.2 Å². The van der Waals surface area contributed by atoms with E-state index in [-0.39, 0.29) is 0 Å². The van der Waals surface area contributed by atoms with E-state index in [0.717, 1.165) is 81.1 Å². The highest BCUT2D eigenvalue weighted by atomic mass is 32.1. The zero-order valence-corrected chi connectivity index (χ0v) is 76.4. The van der Waals surface area contributed by atoms with Crippen molar-refractivity contribution in [3.63, 3.8) is 0 Å². The van der Waals surface area contributed by atoms with E-state index in [4.69, 9.17) is 4.74 Å². The van der Waals surface area contributed by atoms with Crippen molar-refractivity contribution in [2.75, 3.05) is 0 Å². The van der Waals surface area contributed by atoms with Crippen molar-refractivity contribution in [2.24, 2.45) is 0 Å². The van der Waals surface area contributed by atoms with E-state index in [1.54, 1.807) is 11.3 Å². The Morgan fingerprint density at radius 3 is 0.736 bits per heavy atom. The number of rotatable bonds is 68. The van der Waals surface area contributed by atoms with Crippen LogP contribution in [0.1, 0.15) is 503 Å². The van der Waals surface area contributed by atoms with E-state index in [1.807, 2.05) is 45.3 Å². The first-order chi connectivity index (χ1) is 54.2. The molecule has 0 amide bonds. The molecule has 0 radical (unpaired) electrons. The highest BCUT2D eigenvalue weighted by molar-refractivity contribution is 7.31. The Labute approximate surface area is 699 Å². The SMILES string of the molecule is CCCCCCCCCCCCC1(CCCCCCCCCCCC)Oc2cc(-c3cc4c(s3)-c3sccc3C(=O)C4(CCCCCCCCCCCC)CCCCCCCCCCCC)sc2-c2sc(-c3cc4c(s3)-c3sccc3C(=O)C4(CCCCCCCCCCCC)CCCCCCCCCCCC)cc21. The predicted octanol–water partition coefficient (Wildman–Crippen LogP) is 37.7. The molecule has 0 bridgehead atoms. The predicted molar refractivity (Wildman–Crippen MR) is 494 cm³/mol. The molecule has 0 unspecified atom stereocenters. The van der Waals surface area contributed by atoms with Gasteiger partial charge >= 0.3 is 0 Å². The van der Waals surface area contributed by atoms with Crippen LogP contribution in [0.3, 0.4) is 0 Å². The highest BCUT2D eigenvalue weighted by Crippen LogP contribution is 2.63. The lowest BCUT2D eigenvalue weighted by molar-refractivity contribution is 0.0398. The zero-order chi connectivity index (χ0) is 77.2. The topological polar surface area (TPSA) is 43.4 Å². The molecule has 3 aliphatic rings. The van der Waals surface area contributed by atoms with Gasteiger partial charge in [0.15, 0.2) is 11.6 Å². The summed E-state index contributed by atoms with van der Waals surface area (Å²) in [6.07, 6.45) is 84.8. The third-order valence-corrected chi connectivity index (χ3v) is 33.4. The van der Waals surface area contributed by atoms with Gasteiger partial charge in [0.05, 0.1) is 30.3 Å². The third-order valence-electron chi connectivity index (χ3n) is 26.2. The summed E-state index contributed by atoms with van der Waals surface area (Å²) >= 11 is 11.7. The van der Waals surface area contributed by atoms with E-state index in [9.17, 15) is 0 Å². The van der Waals surface area contributed by atoms with Crippen LogP contribution >= 0.6 is 68.0 Å². The fourth-order valence-electron chi connectivity index (χ4n) is 19.4. The van der Waals surface area contributed by atoms with Gasteiger partial charge in [-0.05, 0) is 104 Å². The number of hydrogen-bond donors (Lipinski definition) is 0. The third kappa shape index (κ3) is 26.9. The summed E-state index contributed by atoms with van der Waals surface area (Å²) in [5.41, 5.74) is 4.73. The second kappa shape index (κ2) is 52.2. The number of Topliss-reactive ketones (excluding diaryl/α,β-unsaturated/α-hetero) is 2. The van der Waals surface area contributed by atoms with Crippen molar-refractivity contribution in [2.45, 2.75) is 482 Å². The van der Waals surface area contributed by atoms with E-state index < -0.39 is 16.4 Å². The van der Waals surface area contributed by atoms with Gasteiger partial charge in [-0.2, -0.15) is 0 Å². The first kappa shape index (κ1) is 91.2. The summed E-state index contributed by atoms with van der Waals surface area (Å²) in [6, 6.07) is 14.7. The second-order valence-corrected chi connectivity index (χ2v) is 41.2. The van der Waals surface area contributed by atoms with Gasteiger partial charge in [-0.15, -0.1) is 68.0 Å². The molecule has 3 nitrogen and oxygen atoms in total. The van der Waals surface area contributed by atoms with Gasteiger partial charge in [0.2, 0.25) is 0 Å². The summed E-state index contributed by atoms with van der Waals surface area (Å²) in [5.74, 6) is 1.93. The summed E-state index contributed by atoms with van der Waals surface area (Å²) < 4.78 is 8.10. The lowest BCUT2D eigenvalue weighted by Crippen LogP contribution is -2.38. The van der Waals surface area contributed by atoms with Gasteiger partial charge in [0.25, 0.3) is 0 Å². The van der Waals surface area contributed by atoms with E-state index in [1.165, 1.54) is 425 Å². The van der Waals surface area contributed by atoms with Crippen LogP contribution in [0.25, 0.3) is 48.8 Å². The molecule has 9 rings (SSSR count). The summed E-state index contributed by atoms with van der Waals surface area (Å²) in [7, 11) is 0. The van der Waals surface area contributed by atoms with Crippen molar-refractivity contribution < 1.29 is 14.3 Å². The maximum Gasteiger partial charge on any atom is 0.174 e. The number of thiophene rings is 6. The first-order valence-electron chi connectivity index (χ1n) is 47.7. The molecule has 0 fully saturated rings. The van der Waals surface area contributed by atoms with Crippen LogP contribution in [0.5, 0.6) is 5.75 Å². The minimum atomic E-state index is -0.493. The fourth-order valence-corrected chi connectivity index (χ4v) is 26.6. The van der Waals surface area contributed by atoms with Gasteiger partial charge in [-0.25, -0.2) is 0 Å². The number of fused-ring (bicyclic) bond motifs is 9. The van der Waals surface area contributed by atoms with Crippen molar-refractivity contribution in [3.05, 3.63) is 75.0 Å². The molecule has 0 saturated heterocycles. The fraction of sp³-hybridized carbons (Fsp3) is 0.743. The van der Waals surface area contributed by atoms with Crippen LogP contribution in [0, 0.1) is 0 Å². The Morgan fingerprint density at radius 1 is 0.245 bits per heavy atom. The number of ether oxygens (including phenoxy) is 1. The van der Waals surface area contributed by atoms with Crippen molar-refractivity contribution >= 4 is 79.6 Å². The number of carbonyl (C=O) groups is 2. The van der Waals surface area contributed by atoms with Gasteiger partial charge in [0, 0.05) is 52.0 Å². The van der Waals surface area contributed by atoms with Gasteiger partial charge in [0.1, 0.15) is 11.4 Å². The average Bonchev–Trinajstić information content (AvgIpc) is 1.55. The molecule has 6 aromatic rings. The van der Waals surface area contributed by atoms with E-state index >= 15 is 9.59 Å². The molecule has 7 heterocycles. The number of carbonyl (C=O) groups excluding carboxylic acids is 2. The quantitative estimate of drug-likeness (QED) is 0.0358. The Morgan fingerprint density at radius 2 is 0.464 bits per heavy atom. The Kier molecular flexibility index (Phi) is 43.3. The minimum Gasteiger partial charge on any atom is -0.481 e. The van der Waals surface area contributed by atoms with Gasteiger partial charge < -0.3 is 4.74 Å². The molecule has 1 aliphatic heterocycles. The first-order valence-corrected chi connectivity index (χ1v) is 52.8. The molecule has 0 N–H and O–H groups in total. The van der Waals surface area contributed by atoms with Crippen LogP contribution in [0.4, 0.5) is 0 Å². The second-order valence-electron chi connectivity index (χ2n) is 35.2. The average molecular weight is 1610 g/mol. The Hall–Kier alpha value is -2.66. The largest absolute Gasteiger partial charge is 0.481 e. The molecule has 2 aliphatic carbocycles. The molecule has 6 aromatic heterocycles.